The van der Waals surface area contributed by atoms with Crippen LogP contribution in [-0.2, 0) is 9.59 Å². The Morgan fingerprint density at radius 3 is 2.22 bits per heavy atom. The fourth-order valence-electron chi connectivity index (χ4n) is 1.67. The first kappa shape index (κ1) is 16.8. The first-order valence-electron chi connectivity index (χ1n) is 6.32. The number of thiocarbonyl (C=S) groups is 1. The average molecular weight is 273 g/mol. The third kappa shape index (κ3) is 5.44. The quantitative estimate of drug-likeness (QED) is 0.638. The Hall–Kier alpha value is -1.17. The van der Waals surface area contributed by atoms with Gasteiger partial charge in [0, 0.05) is 26.1 Å². The number of hydrogen-bond donors (Lipinski definition) is 2. The fraction of sp³-hybridized carbons (Fsp3) is 0.750. The lowest BCUT2D eigenvalue weighted by Crippen LogP contribution is -2.39. The van der Waals surface area contributed by atoms with Crippen LogP contribution in [0.3, 0.4) is 0 Å². The fourth-order valence-corrected chi connectivity index (χ4v) is 1.94. The Morgan fingerprint density at radius 2 is 1.83 bits per heavy atom. The number of nitrogens with two attached hydrogens (primary N) is 1. The van der Waals surface area contributed by atoms with Gasteiger partial charge in [0.1, 0.15) is 0 Å². The number of carbonyl (C=O) groups is 2. The van der Waals surface area contributed by atoms with Crippen molar-refractivity contribution in [3.05, 3.63) is 0 Å². The van der Waals surface area contributed by atoms with Crippen molar-refractivity contribution in [3.8, 4) is 0 Å². The third-order valence-corrected chi connectivity index (χ3v) is 3.11. The summed E-state index contributed by atoms with van der Waals surface area (Å²) < 4.78 is 0. The van der Waals surface area contributed by atoms with Crippen LogP contribution in [0.5, 0.6) is 0 Å². The lowest BCUT2D eigenvalue weighted by Gasteiger charge is -2.19. The topological polar surface area (TPSA) is 75.4 Å². The largest absolute Gasteiger partial charge is 0.393 e. The van der Waals surface area contributed by atoms with E-state index < -0.39 is 5.92 Å². The highest BCUT2D eigenvalue weighted by molar-refractivity contribution is 7.80. The third-order valence-electron chi connectivity index (χ3n) is 2.82. The molecule has 18 heavy (non-hydrogen) atoms. The van der Waals surface area contributed by atoms with Crippen molar-refractivity contribution < 1.29 is 9.59 Å². The molecule has 0 bridgehead atoms. The van der Waals surface area contributed by atoms with Gasteiger partial charge in [-0.15, -0.1) is 0 Å². The lowest BCUT2D eigenvalue weighted by molar-refractivity contribution is -0.130. The molecule has 1 unspecified atom stereocenters. The predicted octanol–water partition coefficient (Wildman–Crippen LogP) is 0.673. The van der Waals surface area contributed by atoms with Gasteiger partial charge in [0.05, 0.1) is 10.9 Å². The van der Waals surface area contributed by atoms with Gasteiger partial charge in [-0.1, -0.05) is 19.1 Å². The Morgan fingerprint density at radius 1 is 1.28 bits per heavy atom. The van der Waals surface area contributed by atoms with Gasteiger partial charge in [-0.3, -0.25) is 9.59 Å². The van der Waals surface area contributed by atoms with E-state index in [2.05, 4.69) is 5.32 Å². The molecule has 0 saturated heterocycles. The van der Waals surface area contributed by atoms with Crippen molar-refractivity contribution in [1.82, 2.24) is 10.2 Å². The number of hydrogen-bond acceptors (Lipinski definition) is 3. The van der Waals surface area contributed by atoms with Crippen LogP contribution in [0, 0.1) is 5.92 Å². The highest BCUT2D eigenvalue weighted by Crippen LogP contribution is 2.03. The summed E-state index contributed by atoms with van der Waals surface area (Å²) in [5, 5.41) is 2.70. The van der Waals surface area contributed by atoms with E-state index >= 15 is 0 Å². The molecule has 0 fully saturated rings. The number of rotatable bonds is 8. The van der Waals surface area contributed by atoms with Crippen molar-refractivity contribution in [2.24, 2.45) is 11.7 Å². The maximum Gasteiger partial charge on any atom is 0.229 e. The molecule has 0 saturated carbocycles. The maximum absolute atomic E-state index is 11.7. The van der Waals surface area contributed by atoms with Gasteiger partial charge < -0.3 is 16.0 Å². The molecule has 6 heteroatoms. The van der Waals surface area contributed by atoms with E-state index in [0.29, 0.717) is 32.5 Å². The monoisotopic (exact) mass is 273 g/mol. The van der Waals surface area contributed by atoms with E-state index in [0.717, 1.165) is 0 Å². The number of nitrogens with one attached hydrogen (secondary N) is 1. The van der Waals surface area contributed by atoms with E-state index in [1.807, 2.05) is 20.8 Å². The molecule has 0 radical (unpaired) electrons. The van der Waals surface area contributed by atoms with Crippen molar-refractivity contribution >= 4 is 29.0 Å². The van der Waals surface area contributed by atoms with Gasteiger partial charge >= 0.3 is 0 Å². The Balaban J connectivity index is 4.08. The summed E-state index contributed by atoms with van der Waals surface area (Å²) in [6, 6.07) is 0. The summed E-state index contributed by atoms with van der Waals surface area (Å²) in [6.45, 7) is 7.42. The molecule has 0 aromatic rings. The Kier molecular flexibility index (Phi) is 8.28. The SMILES string of the molecule is CCC(C(=O)NCCC(=O)N(CC)CC)C(N)=S. The molecule has 2 amide bonds. The summed E-state index contributed by atoms with van der Waals surface area (Å²) >= 11 is 4.82. The summed E-state index contributed by atoms with van der Waals surface area (Å²) in [5.41, 5.74) is 5.47. The van der Waals surface area contributed by atoms with Crippen molar-refractivity contribution in [3.63, 3.8) is 0 Å². The van der Waals surface area contributed by atoms with Crippen molar-refractivity contribution in [2.45, 2.75) is 33.6 Å². The maximum atomic E-state index is 11.7. The zero-order chi connectivity index (χ0) is 14.1. The van der Waals surface area contributed by atoms with Gasteiger partial charge in [-0.05, 0) is 20.3 Å². The van der Waals surface area contributed by atoms with Crippen LogP contribution in [0.2, 0.25) is 0 Å². The van der Waals surface area contributed by atoms with Crippen LogP contribution < -0.4 is 11.1 Å². The molecule has 0 aromatic carbocycles. The van der Waals surface area contributed by atoms with Crippen LogP contribution in [0.25, 0.3) is 0 Å². The minimum absolute atomic E-state index is 0.0451. The van der Waals surface area contributed by atoms with E-state index in [9.17, 15) is 9.59 Å². The van der Waals surface area contributed by atoms with Gasteiger partial charge in [0.2, 0.25) is 11.8 Å². The Bertz CT molecular complexity index is 304. The first-order valence-corrected chi connectivity index (χ1v) is 6.73. The molecular formula is C12H23N3O2S. The minimum Gasteiger partial charge on any atom is -0.393 e. The standard InChI is InChI=1S/C12H23N3O2S/c1-4-9(11(13)18)12(17)14-8-7-10(16)15(5-2)6-3/h9H,4-8H2,1-3H3,(H2,13,18)(H,14,17). The number of amides is 2. The molecule has 0 aliphatic carbocycles. The van der Waals surface area contributed by atoms with Crippen LogP contribution in [0.15, 0.2) is 0 Å². The molecule has 0 aliphatic rings. The molecule has 0 heterocycles. The van der Waals surface area contributed by atoms with E-state index in [1.54, 1.807) is 4.90 Å². The minimum atomic E-state index is -0.441. The number of nitrogens with zero attached hydrogens (tertiary/aromatic N) is 1. The summed E-state index contributed by atoms with van der Waals surface area (Å²) in [6.07, 6.45) is 0.881. The zero-order valence-electron chi connectivity index (χ0n) is 11.4. The van der Waals surface area contributed by atoms with Crippen molar-refractivity contribution in [1.29, 1.82) is 0 Å². The molecule has 3 N–H and O–H groups in total. The van der Waals surface area contributed by atoms with Gasteiger partial charge in [-0.2, -0.15) is 0 Å². The second-order valence-electron chi connectivity index (χ2n) is 3.97. The molecular weight excluding hydrogens is 250 g/mol. The molecule has 0 aliphatic heterocycles. The highest BCUT2D eigenvalue weighted by atomic mass is 32.1. The molecule has 1 atom stereocenters. The van der Waals surface area contributed by atoms with Gasteiger partial charge in [0.25, 0.3) is 0 Å². The van der Waals surface area contributed by atoms with Crippen LogP contribution in [0.1, 0.15) is 33.6 Å². The summed E-state index contributed by atoms with van der Waals surface area (Å²) in [7, 11) is 0. The number of carbonyl (C=O) groups excluding carboxylic acids is 2. The van der Waals surface area contributed by atoms with Crippen LogP contribution in [-0.4, -0.2) is 41.3 Å². The molecule has 0 rings (SSSR count). The smallest absolute Gasteiger partial charge is 0.229 e. The predicted molar refractivity (Wildman–Crippen MR) is 76.1 cm³/mol. The first-order chi connectivity index (χ1) is 8.47. The molecule has 0 aromatic heterocycles. The van der Waals surface area contributed by atoms with Gasteiger partial charge in [0.15, 0.2) is 0 Å². The van der Waals surface area contributed by atoms with Crippen LogP contribution in [0.4, 0.5) is 0 Å². The van der Waals surface area contributed by atoms with Gasteiger partial charge in [-0.25, -0.2) is 0 Å². The Labute approximate surface area is 114 Å². The molecule has 0 spiro atoms. The van der Waals surface area contributed by atoms with Crippen LogP contribution >= 0.6 is 12.2 Å². The molecule has 5 nitrogen and oxygen atoms in total. The second kappa shape index (κ2) is 8.85. The zero-order valence-corrected chi connectivity index (χ0v) is 12.2. The highest BCUT2D eigenvalue weighted by Gasteiger charge is 2.19. The van der Waals surface area contributed by atoms with E-state index in [1.165, 1.54) is 0 Å². The lowest BCUT2D eigenvalue weighted by atomic mass is 10.1. The second-order valence-corrected chi connectivity index (χ2v) is 4.44. The normalized spacial score (nSPS) is 11.7. The summed E-state index contributed by atoms with van der Waals surface area (Å²) in [4.78, 5) is 25.3. The molecule has 104 valence electrons. The summed E-state index contributed by atoms with van der Waals surface area (Å²) in [5.74, 6) is -0.593. The average Bonchev–Trinajstić information content (AvgIpc) is 2.30. The van der Waals surface area contributed by atoms with E-state index in [-0.39, 0.29) is 16.8 Å². The van der Waals surface area contributed by atoms with Crippen molar-refractivity contribution in [2.75, 3.05) is 19.6 Å². The van der Waals surface area contributed by atoms with E-state index in [4.69, 9.17) is 18.0 Å².